The minimum absolute atomic E-state index is 0.0523. The van der Waals surface area contributed by atoms with Crippen molar-refractivity contribution in [2.45, 2.75) is 37.8 Å². The van der Waals surface area contributed by atoms with Gasteiger partial charge in [0.05, 0.1) is 0 Å². The molecule has 6 nitrogen and oxygen atoms in total. The first-order valence-corrected chi connectivity index (χ1v) is 5.76. The zero-order valence-corrected chi connectivity index (χ0v) is 9.47. The Morgan fingerprint density at radius 3 is 2.71 bits per heavy atom. The van der Waals surface area contributed by atoms with Crippen LogP contribution >= 0.6 is 0 Å². The smallest absolute Gasteiger partial charge is 0.356 e. The van der Waals surface area contributed by atoms with Gasteiger partial charge >= 0.3 is 5.97 Å². The Bertz CT molecular complexity index is 393. The fraction of sp³-hybridized carbons (Fsp3) is 0.545. The van der Waals surface area contributed by atoms with E-state index in [4.69, 9.17) is 10.8 Å². The van der Waals surface area contributed by atoms with Crippen molar-refractivity contribution < 1.29 is 9.90 Å². The lowest BCUT2D eigenvalue weighted by atomic mass is 9.91. The van der Waals surface area contributed by atoms with Gasteiger partial charge in [0.1, 0.15) is 5.82 Å². The molecule has 2 rings (SSSR count). The van der Waals surface area contributed by atoms with Gasteiger partial charge in [0.2, 0.25) is 0 Å². The number of nitrogens with two attached hydrogens (primary N) is 1. The Morgan fingerprint density at radius 1 is 1.35 bits per heavy atom. The first-order chi connectivity index (χ1) is 8.16. The molecule has 4 N–H and O–H groups in total. The van der Waals surface area contributed by atoms with E-state index >= 15 is 0 Å². The Hall–Kier alpha value is -1.69. The molecule has 0 saturated heterocycles. The van der Waals surface area contributed by atoms with Crippen molar-refractivity contribution in [1.82, 2.24) is 10.2 Å². The lowest BCUT2D eigenvalue weighted by Gasteiger charge is -2.29. The van der Waals surface area contributed by atoms with Crippen LogP contribution < -0.4 is 11.1 Å². The fourth-order valence-corrected chi connectivity index (χ4v) is 2.05. The average molecular weight is 236 g/mol. The number of hydrogen-bond acceptors (Lipinski definition) is 5. The highest BCUT2D eigenvalue weighted by Gasteiger charge is 2.21. The lowest BCUT2D eigenvalue weighted by Crippen LogP contribution is -2.42. The molecule has 17 heavy (non-hydrogen) atoms. The molecule has 2 atom stereocenters. The SMILES string of the molecule is NC1CCCCC1Nc1ccc(C(=O)O)nn1. The maximum Gasteiger partial charge on any atom is 0.356 e. The lowest BCUT2D eigenvalue weighted by molar-refractivity contribution is 0.0689. The van der Waals surface area contributed by atoms with Crippen LogP contribution in [0.2, 0.25) is 0 Å². The van der Waals surface area contributed by atoms with Gasteiger partial charge in [0.15, 0.2) is 5.69 Å². The summed E-state index contributed by atoms with van der Waals surface area (Å²) in [5.41, 5.74) is 5.95. The Kier molecular flexibility index (Phi) is 3.53. The summed E-state index contributed by atoms with van der Waals surface area (Å²) in [7, 11) is 0. The van der Waals surface area contributed by atoms with Gasteiger partial charge in [-0.1, -0.05) is 12.8 Å². The third-order valence-corrected chi connectivity index (χ3v) is 3.04. The van der Waals surface area contributed by atoms with Crippen molar-refractivity contribution in [3.05, 3.63) is 17.8 Å². The number of carboxylic acids is 1. The molecule has 2 unspecified atom stereocenters. The number of aromatic carboxylic acids is 1. The zero-order chi connectivity index (χ0) is 12.3. The number of nitrogens with one attached hydrogen (secondary N) is 1. The number of rotatable bonds is 3. The molecule has 1 heterocycles. The summed E-state index contributed by atoms with van der Waals surface area (Å²) < 4.78 is 0. The van der Waals surface area contributed by atoms with Gasteiger partial charge in [-0.25, -0.2) is 4.79 Å². The highest BCUT2D eigenvalue weighted by atomic mass is 16.4. The molecule has 0 aromatic carbocycles. The number of carboxylic acid groups (broad SMARTS) is 1. The molecular formula is C11H16N4O2. The maximum atomic E-state index is 10.6. The zero-order valence-electron chi connectivity index (χ0n) is 9.47. The molecule has 1 fully saturated rings. The number of carbonyl (C=O) groups is 1. The Morgan fingerprint density at radius 2 is 2.12 bits per heavy atom. The average Bonchev–Trinajstić information content (AvgIpc) is 2.33. The molecule has 92 valence electrons. The monoisotopic (exact) mass is 236 g/mol. The van der Waals surface area contributed by atoms with Crippen LogP contribution in [0.5, 0.6) is 0 Å². The van der Waals surface area contributed by atoms with E-state index in [1.807, 2.05) is 0 Å². The van der Waals surface area contributed by atoms with Crippen molar-refractivity contribution in [1.29, 1.82) is 0 Å². The third-order valence-electron chi connectivity index (χ3n) is 3.04. The topological polar surface area (TPSA) is 101 Å². The molecule has 0 bridgehead atoms. The van der Waals surface area contributed by atoms with Crippen molar-refractivity contribution in [3.8, 4) is 0 Å². The van der Waals surface area contributed by atoms with Crippen LogP contribution in [0.3, 0.4) is 0 Å². The van der Waals surface area contributed by atoms with E-state index in [1.165, 1.54) is 12.5 Å². The van der Waals surface area contributed by atoms with Crippen LogP contribution in [0.1, 0.15) is 36.2 Å². The minimum atomic E-state index is -1.07. The van der Waals surface area contributed by atoms with Crippen LogP contribution in [-0.2, 0) is 0 Å². The van der Waals surface area contributed by atoms with Crippen LogP contribution in [0.15, 0.2) is 12.1 Å². The molecule has 6 heteroatoms. The Labute approximate surface area is 99.2 Å². The molecule has 1 aliphatic rings. The largest absolute Gasteiger partial charge is 0.476 e. The van der Waals surface area contributed by atoms with E-state index in [0.29, 0.717) is 5.82 Å². The molecule has 0 amide bonds. The van der Waals surface area contributed by atoms with E-state index in [1.54, 1.807) is 6.07 Å². The van der Waals surface area contributed by atoms with Crippen molar-refractivity contribution in [2.75, 3.05) is 5.32 Å². The fourth-order valence-electron chi connectivity index (χ4n) is 2.05. The van der Waals surface area contributed by atoms with Crippen molar-refractivity contribution >= 4 is 11.8 Å². The van der Waals surface area contributed by atoms with Crippen molar-refractivity contribution in [3.63, 3.8) is 0 Å². The van der Waals surface area contributed by atoms with E-state index < -0.39 is 5.97 Å². The normalized spacial score (nSPS) is 24.3. The summed E-state index contributed by atoms with van der Waals surface area (Å²) in [5.74, 6) is -0.490. The first-order valence-electron chi connectivity index (χ1n) is 5.76. The van der Waals surface area contributed by atoms with Gasteiger partial charge in [-0.2, -0.15) is 0 Å². The summed E-state index contributed by atoms with van der Waals surface area (Å²) in [6.45, 7) is 0. The van der Waals surface area contributed by atoms with E-state index in [-0.39, 0.29) is 17.8 Å². The number of anilines is 1. The van der Waals surface area contributed by atoms with E-state index in [0.717, 1.165) is 19.3 Å². The summed E-state index contributed by atoms with van der Waals surface area (Å²) in [6, 6.07) is 3.39. The Balaban J connectivity index is 2.00. The summed E-state index contributed by atoms with van der Waals surface area (Å²) in [4.78, 5) is 10.6. The van der Waals surface area contributed by atoms with Crippen LogP contribution in [0, 0.1) is 0 Å². The molecule has 1 saturated carbocycles. The molecule has 1 aliphatic carbocycles. The number of nitrogens with zero attached hydrogens (tertiary/aromatic N) is 2. The number of hydrogen-bond donors (Lipinski definition) is 3. The second-order valence-electron chi connectivity index (χ2n) is 4.31. The van der Waals surface area contributed by atoms with E-state index in [9.17, 15) is 4.79 Å². The second-order valence-corrected chi connectivity index (χ2v) is 4.31. The van der Waals surface area contributed by atoms with Gasteiger partial charge in [-0.05, 0) is 25.0 Å². The minimum Gasteiger partial charge on any atom is -0.476 e. The maximum absolute atomic E-state index is 10.6. The van der Waals surface area contributed by atoms with Crippen LogP contribution in [0.4, 0.5) is 5.82 Å². The van der Waals surface area contributed by atoms with Gasteiger partial charge in [0.25, 0.3) is 0 Å². The molecule has 0 radical (unpaired) electrons. The quantitative estimate of drug-likeness (QED) is 0.719. The molecule has 1 aromatic rings. The highest BCUT2D eigenvalue weighted by molar-refractivity contribution is 5.85. The summed E-state index contributed by atoms with van der Waals surface area (Å²) in [6.07, 6.45) is 4.36. The molecule has 1 aromatic heterocycles. The molecule has 0 aliphatic heterocycles. The summed E-state index contributed by atoms with van der Waals surface area (Å²) in [5, 5.41) is 19.3. The first kappa shape index (κ1) is 11.8. The van der Waals surface area contributed by atoms with Gasteiger partial charge in [-0.15, -0.1) is 10.2 Å². The number of aromatic nitrogens is 2. The third kappa shape index (κ3) is 2.91. The summed E-state index contributed by atoms with van der Waals surface area (Å²) >= 11 is 0. The predicted molar refractivity (Wildman–Crippen MR) is 62.8 cm³/mol. The van der Waals surface area contributed by atoms with Crippen LogP contribution in [-0.4, -0.2) is 33.4 Å². The highest BCUT2D eigenvalue weighted by Crippen LogP contribution is 2.19. The molecular weight excluding hydrogens is 220 g/mol. The predicted octanol–water partition coefficient (Wildman–Crippen LogP) is 0.857. The van der Waals surface area contributed by atoms with E-state index in [2.05, 4.69) is 15.5 Å². The van der Waals surface area contributed by atoms with Crippen molar-refractivity contribution in [2.24, 2.45) is 5.73 Å². The van der Waals surface area contributed by atoms with Gasteiger partial charge < -0.3 is 16.2 Å². The van der Waals surface area contributed by atoms with Crippen LogP contribution in [0.25, 0.3) is 0 Å². The van der Waals surface area contributed by atoms with Gasteiger partial charge in [-0.3, -0.25) is 0 Å². The second kappa shape index (κ2) is 5.09. The van der Waals surface area contributed by atoms with Gasteiger partial charge in [0, 0.05) is 12.1 Å². The standard InChI is InChI=1S/C11H16N4O2/c12-7-3-1-2-4-8(7)13-10-6-5-9(11(16)17)14-15-10/h5-8H,1-4,12H2,(H,13,15)(H,16,17). The molecule has 0 spiro atoms.